The van der Waals surface area contributed by atoms with Crippen molar-refractivity contribution in [3.63, 3.8) is 0 Å². The number of H-pyrrole nitrogens is 1. The van der Waals surface area contributed by atoms with E-state index < -0.39 is 0 Å². The molecule has 1 aromatic heterocycles. The molecule has 2 aromatic rings. The van der Waals surface area contributed by atoms with E-state index in [4.69, 9.17) is 11.6 Å². The lowest BCUT2D eigenvalue weighted by Gasteiger charge is -1.99. The minimum Gasteiger partial charge on any atom is -0.314 e. The van der Waals surface area contributed by atoms with Crippen LogP contribution in [0.4, 0.5) is 0 Å². The van der Waals surface area contributed by atoms with Crippen LogP contribution in [0.2, 0.25) is 5.02 Å². The Morgan fingerprint density at radius 2 is 2.25 bits per heavy atom. The van der Waals surface area contributed by atoms with Gasteiger partial charge in [-0.05, 0) is 41.2 Å². The predicted molar refractivity (Wildman–Crippen MR) is 69.5 cm³/mol. The van der Waals surface area contributed by atoms with Gasteiger partial charge < -0.3 is 5.32 Å². The van der Waals surface area contributed by atoms with Gasteiger partial charge >= 0.3 is 0 Å². The van der Waals surface area contributed by atoms with E-state index in [0.717, 1.165) is 28.0 Å². The van der Waals surface area contributed by atoms with Crippen LogP contribution >= 0.6 is 27.5 Å². The van der Waals surface area contributed by atoms with Crippen LogP contribution in [0.25, 0.3) is 11.3 Å². The first-order valence-corrected chi connectivity index (χ1v) is 6.02. The number of aromatic nitrogens is 2. The topological polar surface area (TPSA) is 40.7 Å². The summed E-state index contributed by atoms with van der Waals surface area (Å²) in [6.45, 7) is 0.775. The van der Waals surface area contributed by atoms with Crippen molar-refractivity contribution < 1.29 is 0 Å². The second-order valence-electron chi connectivity index (χ2n) is 3.44. The van der Waals surface area contributed by atoms with Gasteiger partial charge in [0, 0.05) is 22.3 Å². The van der Waals surface area contributed by atoms with Gasteiger partial charge in [0.1, 0.15) is 0 Å². The Kier molecular flexibility index (Phi) is 3.63. The molecule has 0 bridgehead atoms. The molecule has 1 aromatic carbocycles. The highest BCUT2D eigenvalue weighted by molar-refractivity contribution is 9.10. The van der Waals surface area contributed by atoms with Crippen molar-refractivity contribution in [3.05, 3.63) is 39.5 Å². The molecule has 2 N–H and O–H groups in total. The summed E-state index contributed by atoms with van der Waals surface area (Å²) < 4.78 is 0.893. The third-order valence-corrected chi connectivity index (χ3v) is 3.45. The first-order chi connectivity index (χ1) is 7.70. The summed E-state index contributed by atoms with van der Waals surface area (Å²) in [5, 5.41) is 11.0. The summed E-state index contributed by atoms with van der Waals surface area (Å²) in [6.07, 6.45) is 0. The fraction of sp³-hybridized carbons (Fsp3) is 0.182. The number of halogens is 2. The average molecular weight is 301 g/mol. The lowest BCUT2D eigenvalue weighted by atomic mass is 10.1. The van der Waals surface area contributed by atoms with E-state index in [2.05, 4.69) is 31.4 Å². The summed E-state index contributed by atoms with van der Waals surface area (Å²) in [7, 11) is 1.90. The van der Waals surface area contributed by atoms with Crippen LogP contribution < -0.4 is 5.32 Å². The van der Waals surface area contributed by atoms with E-state index in [1.54, 1.807) is 0 Å². The number of rotatable bonds is 3. The van der Waals surface area contributed by atoms with Crippen LogP contribution in [0.5, 0.6) is 0 Å². The standard InChI is InChI=1S/C11H11BrClN3/c1-14-6-8-5-11(16-15-8)7-2-3-9(12)10(13)4-7/h2-5,14H,6H2,1H3,(H,15,16). The van der Waals surface area contributed by atoms with Crippen LogP contribution in [-0.2, 0) is 6.54 Å². The van der Waals surface area contributed by atoms with Crippen LogP contribution in [0.3, 0.4) is 0 Å². The zero-order chi connectivity index (χ0) is 11.5. The van der Waals surface area contributed by atoms with Gasteiger partial charge in [-0.15, -0.1) is 0 Å². The van der Waals surface area contributed by atoms with Gasteiger partial charge in [-0.1, -0.05) is 17.7 Å². The summed E-state index contributed by atoms with van der Waals surface area (Å²) in [4.78, 5) is 0. The van der Waals surface area contributed by atoms with Gasteiger partial charge in [-0.3, -0.25) is 5.10 Å². The molecule has 0 aliphatic rings. The van der Waals surface area contributed by atoms with Crippen LogP contribution in [0.1, 0.15) is 5.69 Å². The van der Waals surface area contributed by atoms with E-state index in [1.165, 1.54) is 0 Å². The zero-order valence-corrected chi connectivity index (χ0v) is 11.1. The maximum Gasteiger partial charge on any atom is 0.0924 e. The molecule has 84 valence electrons. The largest absolute Gasteiger partial charge is 0.314 e. The molecular formula is C11H11BrClN3. The van der Waals surface area contributed by atoms with Gasteiger partial charge in [0.25, 0.3) is 0 Å². The summed E-state index contributed by atoms with van der Waals surface area (Å²) in [6, 6.07) is 7.81. The van der Waals surface area contributed by atoms with Crippen LogP contribution in [0.15, 0.2) is 28.7 Å². The number of nitrogens with one attached hydrogen (secondary N) is 2. The molecule has 2 rings (SSSR count). The number of benzene rings is 1. The third kappa shape index (κ3) is 2.45. The van der Waals surface area contributed by atoms with Crippen molar-refractivity contribution in [1.29, 1.82) is 0 Å². The van der Waals surface area contributed by atoms with Crippen LogP contribution in [0, 0.1) is 0 Å². The summed E-state index contributed by atoms with van der Waals surface area (Å²) >= 11 is 9.40. The molecule has 0 spiro atoms. The highest BCUT2D eigenvalue weighted by Crippen LogP contribution is 2.28. The summed E-state index contributed by atoms with van der Waals surface area (Å²) in [5.74, 6) is 0. The number of aromatic amines is 1. The molecule has 0 aliphatic carbocycles. The van der Waals surface area contributed by atoms with Gasteiger partial charge in [0.15, 0.2) is 0 Å². The van der Waals surface area contributed by atoms with Gasteiger partial charge in [-0.25, -0.2) is 0 Å². The second-order valence-corrected chi connectivity index (χ2v) is 4.70. The molecule has 5 heteroatoms. The molecule has 0 atom stereocenters. The van der Waals surface area contributed by atoms with Crippen molar-refractivity contribution in [3.8, 4) is 11.3 Å². The van der Waals surface area contributed by atoms with Gasteiger partial charge in [0.05, 0.1) is 10.7 Å². The van der Waals surface area contributed by atoms with Crippen molar-refractivity contribution in [1.82, 2.24) is 15.5 Å². The minimum atomic E-state index is 0.690. The fourth-order valence-corrected chi connectivity index (χ4v) is 1.87. The zero-order valence-electron chi connectivity index (χ0n) is 8.72. The maximum absolute atomic E-state index is 6.03. The lowest BCUT2D eigenvalue weighted by Crippen LogP contribution is -2.04. The van der Waals surface area contributed by atoms with E-state index in [-0.39, 0.29) is 0 Å². The molecule has 0 fully saturated rings. The second kappa shape index (κ2) is 4.99. The fourth-order valence-electron chi connectivity index (χ4n) is 1.45. The smallest absolute Gasteiger partial charge is 0.0924 e. The highest BCUT2D eigenvalue weighted by Gasteiger charge is 2.05. The Hall–Kier alpha value is -0.840. The van der Waals surface area contributed by atoms with Gasteiger partial charge in [-0.2, -0.15) is 5.10 Å². The molecule has 0 unspecified atom stereocenters. The van der Waals surface area contributed by atoms with Crippen molar-refractivity contribution in [2.75, 3.05) is 7.05 Å². The summed E-state index contributed by atoms with van der Waals surface area (Å²) in [5.41, 5.74) is 2.96. The molecule has 16 heavy (non-hydrogen) atoms. The molecule has 0 amide bonds. The van der Waals surface area contributed by atoms with Crippen molar-refractivity contribution in [2.45, 2.75) is 6.54 Å². The van der Waals surface area contributed by atoms with Crippen molar-refractivity contribution in [2.24, 2.45) is 0 Å². The minimum absolute atomic E-state index is 0.690. The Morgan fingerprint density at radius 3 is 2.94 bits per heavy atom. The maximum atomic E-state index is 6.03. The van der Waals surface area contributed by atoms with E-state index in [9.17, 15) is 0 Å². The Morgan fingerprint density at radius 1 is 1.44 bits per heavy atom. The molecule has 3 nitrogen and oxygen atoms in total. The Labute approximate surface area is 107 Å². The van der Waals surface area contributed by atoms with E-state index in [0.29, 0.717) is 5.02 Å². The molecule has 0 radical (unpaired) electrons. The lowest BCUT2D eigenvalue weighted by molar-refractivity contribution is 0.784. The van der Waals surface area contributed by atoms with Crippen molar-refractivity contribution >= 4 is 27.5 Å². The number of hydrogen-bond donors (Lipinski definition) is 2. The number of hydrogen-bond acceptors (Lipinski definition) is 2. The Bertz CT molecular complexity index is 496. The normalized spacial score (nSPS) is 10.7. The third-order valence-electron chi connectivity index (χ3n) is 2.21. The molecule has 0 saturated carbocycles. The number of nitrogens with zero attached hydrogens (tertiary/aromatic N) is 1. The Balaban J connectivity index is 2.31. The first kappa shape index (κ1) is 11.6. The first-order valence-electron chi connectivity index (χ1n) is 4.85. The average Bonchev–Trinajstić information content (AvgIpc) is 2.71. The monoisotopic (exact) mass is 299 g/mol. The highest BCUT2D eigenvalue weighted by atomic mass is 79.9. The molecule has 0 aliphatic heterocycles. The SMILES string of the molecule is CNCc1cc(-c2ccc(Br)c(Cl)c2)n[nH]1. The predicted octanol–water partition coefficient (Wildman–Crippen LogP) is 3.21. The van der Waals surface area contributed by atoms with Crippen LogP contribution in [-0.4, -0.2) is 17.2 Å². The van der Waals surface area contributed by atoms with E-state index >= 15 is 0 Å². The molecule has 0 saturated heterocycles. The quantitative estimate of drug-likeness (QED) is 0.914. The molecular weight excluding hydrogens is 289 g/mol. The van der Waals surface area contributed by atoms with E-state index in [1.807, 2.05) is 31.3 Å². The van der Waals surface area contributed by atoms with Gasteiger partial charge in [0.2, 0.25) is 0 Å². The molecule has 1 heterocycles.